The molecule has 4 rings (SSSR count). The molecule has 4 aromatic rings. The van der Waals surface area contributed by atoms with Crippen molar-refractivity contribution >= 4 is 60.5 Å². The number of anilines is 1. The molecule has 0 unspecified atom stereocenters. The standard InChI is InChI=1S/C16H10BrN3O2S/c1-8-18-11-5-6-12-13(14(11)23-8)19-16(22-12)20-15(21)9-3-2-4-10(17)7-9/h2-7H,1H3,(H,19,20,21). The number of aryl methyl sites for hydroxylation is 1. The monoisotopic (exact) mass is 387 g/mol. The van der Waals surface area contributed by atoms with Gasteiger partial charge in [-0.05, 0) is 37.3 Å². The van der Waals surface area contributed by atoms with Crippen molar-refractivity contribution in [3.8, 4) is 0 Å². The fourth-order valence-electron chi connectivity index (χ4n) is 2.34. The van der Waals surface area contributed by atoms with Gasteiger partial charge in [0, 0.05) is 10.0 Å². The van der Waals surface area contributed by atoms with Gasteiger partial charge >= 0.3 is 6.01 Å². The highest BCUT2D eigenvalue weighted by atomic mass is 79.9. The molecule has 7 heteroatoms. The zero-order valence-electron chi connectivity index (χ0n) is 12.0. The lowest BCUT2D eigenvalue weighted by atomic mass is 10.2. The van der Waals surface area contributed by atoms with Crippen molar-refractivity contribution in [1.29, 1.82) is 0 Å². The molecule has 2 aromatic carbocycles. The number of nitrogens with zero attached hydrogens (tertiary/aromatic N) is 2. The zero-order valence-corrected chi connectivity index (χ0v) is 14.4. The van der Waals surface area contributed by atoms with Crippen molar-refractivity contribution in [2.75, 3.05) is 5.32 Å². The van der Waals surface area contributed by atoms with Gasteiger partial charge in [-0.2, -0.15) is 4.98 Å². The third kappa shape index (κ3) is 2.62. The molecule has 5 nitrogen and oxygen atoms in total. The number of halogens is 1. The minimum absolute atomic E-state index is 0.184. The van der Waals surface area contributed by atoms with Gasteiger partial charge in [-0.15, -0.1) is 11.3 Å². The Morgan fingerprint density at radius 1 is 1.26 bits per heavy atom. The molecule has 0 aliphatic carbocycles. The summed E-state index contributed by atoms with van der Waals surface area (Å²) in [7, 11) is 0. The predicted octanol–water partition coefficient (Wildman–Crippen LogP) is 4.76. The first kappa shape index (κ1) is 14.3. The maximum Gasteiger partial charge on any atom is 0.302 e. The number of thiazole rings is 1. The molecule has 2 aromatic heterocycles. The molecule has 0 spiro atoms. The van der Waals surface area contributed by atoms with Crippen LogP contribution < -0.4 is 5.32 Å². The average Bonchev–Trinajstić information content (AvgIpc) is 3.08. The van der Waals surface area contributed by atoms with Gasteiger partial charge in [0.1, 0.15) is 5.52 Å². The zero-order chi connectivity index (χ0) is 16.0. The molecule has 2 heterocycles. The highest BCUT2D eigenvalue weighted by Crippen LogP contribution is 2.31. The van der Waals surface area contributed by atoms with E-state index in [9.17, 15) is 4.79 Å². The number of hydrogen-bond donors (Lipinski definition) is 1. The van der Waals surface area contributed by atoms with Gasteiger partial charge in [-0.1, -0.05) is 22.0 Å². The molecule has 1 N–H and O–H groups in total. The Morgan fingerprint density at radius 2 is 2.13 bits per heavy atom. The van der Waals surface area contributed by atoms with Crippen LogP contribution in [-0.2, 0) is 0 Å². The van der Waals surface area contributed by atoms with Crippen LogP contribution in [0.25, 0.3) is 21.3 Å². The largest absolute Gasteiger partial charge is 0.423 e. The minimum atomic E-state index is -0.269. The van der Waals surface area contributed by atoms with E-state index in [1.54, 1.807) is 29.5 Å². The van der Waals surface area contributed by atoms with Crippen LogP contribution in [0.1, 0.15) is 15.4 Å². The Hall–Kier alpha value is -2.25. The summed E-state index contributed by atoms with van der Waals surface area (Å²) in [4.78, 5) is 21.1. The van der Waals surface area contributed by atoms with E-state index >= 15 is 0 Å². The van der Waals surface area contributed by atoms with E-state index in [4.69, 9.17) is 4.42 Å². The Labute approximate surface area is 143 Å². The second-order valence-electron chi connectivity index (χ2n) is 4.98. The van der Waals surface area contributed by atoms with Crippen molar-refractivity contribution in [1.82, 2.24) is 9.97 Å². The smallest absolute Gasteiger partial charge is 0.302 e. The number of carbonyl (C=O) groups excluding carboxylic acids is 1. The summed E-state index contributed by atoms with van der Waals surface area (Å²) in [6.45, 7) is 1.95. The van der Waals surface area contributed by atoms with E-state index < -0.39 is 0 Å². The van der Waals surface area contributed by atoms with Crippen LogP contribution in [-0.4, -0.2) is 15.9 Å². The summed E-state index contributed by atoms with van der Waals surface area (Å²) < 4.78 is 7.43. The number of carbonyl (C=O) groups is 1. The molecule has 114 valence electrons. The van der Waals surface area contributed by atoms with E-state index in [2.05, 4.69) is 31.2 Å². The topological polar surface area (TPSA) is 68.0 Å². The van der Waals surface area contributed by atoms with Crippen LogP contribution in [0, 0.1) is 6.92 Å². The molecule has 0 bridgehead atoms. The summed E-state index contributed by atoms with van der Waals surface area (Å²) in [5.41, 5.74) is 2.77. The Bertz CT molecular complexity index is 1050. The number of oxazole rings is 1. The summed E-state index contributed by atoms with van der Waals surface area (Å²) in [5.74, 6) is -0.269. The van der Waals surface area contributed by atoms with Gasteiger partial charge in [0.15, 0.2) is 5.58 Å². The van der Waals surface area contributed by atoms with Gasteiger partial charge in [0.05, 0.1) is 15.2 Å². The van der Waals surface area contributed by atoms with Gasteiger partial charge in [0.25, 0.3) is 5.91 Å². The van der Waals surface area contributed by atoms with E-state index in [1.807, 2.05) is 25.1 Å². The summed E-state index contributed by atoms with van der Waals surface area (Å²) in [6, 6.07) is 11.0. The lowest BCUT2D eigenvalue weighted by molar-refractivity contribution is 0.102. The molecule has 0 saturated carbocycles. The second kappa shape index (κ2) is 5.43. The number of nitrogens with one attached hydrogen (secondary N) is 1. The number of hydrogen-bond acceptors (Lipinski definition) is 5. The maximum absolute atomic E-state index is 12.3. The Kier molecular flexibility index (Phi) is 3.39. The molecule has 0 saturated heterocycles. The SMILES string of the molecule is Cc1nc2ccc3oc(NC(=O)c4cccc(Br)c4)nc3c2s1. The highest BCUT2D eigenvalue weighted by molar-refractivity contribution is 9.10. The van der Waals surface area contributed by atoms with Crippen LogP contribution in [0.4, 0.5) is 6.01 Å². The third-order valence-corrected chi connectivity index (χ3v) is 4.82. The molecular weight excluding hydrogens is 378 g/mol. The van der Waals surface area contributed by atoms with Crippen LogP contribution in [0.2, 0.25) is 0 Å². The van der Waals surface area contributed by atoms with Crippen LogP contribution >= 0.6 is 27.3 Å². The minimum Gasteiger partial charge on any atom is -0.423 e. The fraction of sp³-hybridized carbons (Fsp3) is 0.0625. The highest BCUT2D eigenvalue weighted by Gasteiger charge is 2.15. The van der Waals surface area contributed by atoms with Crippen LogP contribution in [0.3, 0.4) is 0 Å². The van der Waals surface area contributed by atoms with Crippen molar-refractivity contribution in [2.45, 2.75) is 6.92 Å². The quantitative estimate of drug-likeness (QED) is 0.538. The Balaban J connectivity index is 1.72. The van der Waals surface area contributed by atoms with E-state index in [-0.39, 0.29) is 11.9 Å². The second-order valence-corrected chi connectivity index (χ2v) is 7.10. The van der Waals surface area contributed by atoms with E-state index in [0.29, 0.717) is 11.1 Å². The normalized spacial score (nSPS) is 11.2. The lowest BCUT2D eigenvalue weighted by Gasteiger charge is -2.00. The number of aromatic nitrogens is 2. The molecule has 23 heavy (non-hydrogen) atoms. The fourth-order valence-corrected chi connectivity index (χ4v) is 3.64. The van der Waals surface area contributed by atoms with E-state index in [0.717, 1.165) is 25.2 Å². The number of fused-ring (bicyclic) bond motifs is 3. The summed E-state index contributed by atoms with van der Waals surface area (Å²) in [6.07, 6.45) is 0. The molecular formula is C16H10BrN3O2S. The first-order valence-electron chi connectivity index (χ1n) is 6.84. The number of amides is 1. The van der Waals surface area contributed by atoms with Crippen molar-refractivity contribution in [2.24, 2.45) is 0 Å². The Morgan fingerprint density at radius 3 is 2.96 bits per heavy atom. The average molecular weight is 388 g/mol. The van der Waals surface area contributed by atoms with Crippen molar-refractivity contribution in [3.63, 3.8) is 0 Å². The maximum atomic E-state index is 12.3. The molecule has 0 aliphatic heterocycles. The van der Waals surface area contributed by atoms with Crippen LogP contribution in [0.5, 0.6) is 0 Å². The van der Waals surface area contributed by atoms with Gasteiger partial charge in [-0.3, -0.25) is 10.1 Å². The van der Waals surface area contributed by atoms with Gasteiger partial charge < -0.3 is 4.42 Å². The molecule has 0 radical (unpaired) electrons. The van der Waals surface area contributed by atoms with Crippen LogP contribution in [0.15, 0.2) is 45.3 Å². The lowest BCUT2D eigenvalue weighted by Crippen LogP contribution is -2.11. The first-order chi connectivity index (χ1) is 11.1. The van der Waals surface area contributed by atoms with Crippen molar-refractivity contribution in [3.05, 3.63) is 51.4 Å². The van der Waals surface area contributed by atoms with Crippen molar-refractivity contribution < 1.29 is 9.21 Å². The predicted molar refractivity (Wildman–Crippen MR) is 94.0 cm³/mol. The molecule has 0 atom stereocenters. The van der Waals surface area contributed by atoms with Gasteiger partial charge in [-0.25, -0.2) is 4.98 Å². The van der Waals surface area contributed by atoms with Gasteiger partial charge in [0.2, 0.25) is 0 Å². The third-order valence-electron chi connectivity index (χ3n) is 3.33. The number of rotatable bonds is 2. The summed E-state index contributed by atoms with van der Waals surface area (Å²) >= 11 is 4.91. The first-order valence-corrected chi connectivity index (χ1v) is 8.45. The summed E-state index contributed by atoms with van der Waals surface area (Å²) in [5, 5.41) is 3.66. The molecule has 0 aliphatic rings. The molecule has 1 amide bonds. The molecule has 0 fully saturated rings. The van der Waals surface area contributed by atoms with E-state index in [1.165, 1.54) is 0 Å². The number of benzene rings is 2.